The van der Waals surface area contributed by atoms with E-state index in [2.05, 4.69) is 15.5 Å². The van der Waals surface area contributed by atoms with Crippen molar-refractivity contribution in [1.29, 1.82) is 0 Å². The number of urea groups is 1. The number of amides is 3. The fraction of sp³-hybridized carbons (Fsp3) is 0.556. The van der Waals surface area contributed by atoms with Crippen molar-refractivity contribution in [3.63, 3.8) is 0 Å². The Labute approximate surface area is 295 Å². The van der Waals surface area contributed by atoms with Crippen LogP contribution in [0.25, 0.3) is 0 Å². The molecule has 3 amide bonds. The molecule has 0 spiro atoms. The van der Waals surface area contributed by atoms with Crippen LogP contribution in [0.4, 0.5) is 4.79 Å². The molecule has 7 rings (SSSR count). The summed E-state index contributed by atoms with van der Waals surface area (Å²) in [6, 6.07) is 4.63. The van der Waals surface area contributed by atoms with Gasteiger partial charge in [0, 0.05) is 81.6 Å². The monoisotopic (exact) mass is 710 g/mol. The zero-order valence-electron chi connectivity index (χ0n) is 29.1. The molecule has 51 heavy (non-hydrogen) atoms. The molecular formula is C36H46N4O11. The van der Waals surface area contributed by atoms with E-state index >= 15 is 0 Å². The second kappa shape index (κ2) is 15.5. The third-order valence-electron chi connectivity index (χ3n) is 10.5. The predicted octanol–water partition coefficient (Wildman–Crippen LogP) is 0.958. The maximum Gasteiger partial charge on any atom is 0.317 e. The molecule has 276 valence electrons. The molecule has 5 N–H and O–H groups in total. The molecule has 3 heterocycles. The third-order valence-corrected chi connectivity index (χ3v) is 10.5. The first-order chi connectivity index (χ1) is 24.5. The molecule has 0 saturated carbocycles. The third kappa shape index (κ3) is 7.13. The molecule has 2 aliphatic carbocycles. The van der Waals surface area contributed by atoms with Crippen LogP contribution in [0.15, 0.2) is 18.2 Å². The van der Waals surface area contributed by atoms with Crippen LogP contribution in [-0.2, 0) is 31.8 Å². The standard InChI is InChI=1S/C25H25N3O7.C11H21NO4/c1-35-16-4-2-3-14-17(16)23(32)19-18(21(14)30)22(31)15-11-12(5-6-13(15)20(19)29)24(33)26-7-9-28-10-8-27-25(28)34;1-8-11(13)9(3-5-15-8)12-4-6-16-10(7-12)14-2/h2-4,12,29,31H,5-11H2,1H3,(H,26,33)(H,27,34);8-11,13H,3-7H2,1-2H3. The fourth-order valence-electron chi connectivity index (χ4n) is 7.65. The molecule has 0 radical (unpaired) electrons. The molecule has 3 fully saturated rings. The van der Waals surface area contributed by atoms with Gasteiger partial charge in [-0.05, 0) is 38.7 Å². The van der Waals surface area contributed by atoms with Gasteiger partial charge in [0.15, 0.2) is 12.1 Å². The van der Waals surface area contributed by atoms with Crippen molar-refractivity contribution < 1.29 is 53.4 Å². The predicted molar refractivity (Wildman–Crippen MR) is 181 cm³/mol. The normalized spacial score (nSPS) is 25.9. The summed E-state index contributed by atoms with van der Waals surface area (Å²) in [5.41, 5.74) is 0.357. The lowest BCUT2D eigenvalue weighted by atomic mass is 9.75. The number of morpholine rings is 1. The minimum absolute atomic E-state index is 0.0573. The molecule has 3 aliphatic heterocycles. The maximum absolute atomic E-state index is 13.3. The van der Waals surface area contributed by atoms with Gasteiger partial charge in [0.05, 0.1) is 42.6 Å². The number of methoxy groups -OCH3 is 2. The average Bonchev–Trinajstić information content (AvgIpc) is 3.56. The van der Waals surface area contributed by atoms with Gasteiger partial charge in [0.2, 0.25) is 11.7 Å². The minimum Gasteiger partial charge on any atom is -0.507 e. The number of aliphatic hydroxyl groups is 1. The van der Waals surface area contributed by atoms with E-state index in [-0.39, 0.29) is 82.7 Å². The van der Waals surface area contributed by atoms with Gasteiger partial charge in [-0.15, -0.1) is 0 Å². The number of rotatable bonds is 7. The largest absolute Gasteiger partial charge is 0.507 e. The lowest BCUT2D eigenvalue weighted by Crippen LogP contribution is -2.57. The van der Waals surface area contributed by atoms with Crippen LogP contribution >= 0.6 is 0 Å². The van der Waals surface area contributed by atoms with E-state index in [1.165, 1.54) is 13.2 Å². The molecule has 0 bridgehead atoms. The highest BCUT2D eigenvalue weighted by Gasteiger charge is 2.41. The van der Waals surface area contributed by atoms with Gasteiger partial charge in [-0.2, -0.15) is 0 Å². The van der Waals surface area contributed by atoms with Crippen LogP contribution in [0.3, 0.4) is 0 Å². The Bertz CT molecular complexity index is 1680. The molecule has 15 heteroatoms. The van der Waals surface area contributed by atoms with E-state index < -0.39 is 23.6 Å². The fourth-order valence-corrected chi connectivity index (χ4v) is 7.65. The maximum atomic E-state index is 13.3. The number of fused-ring (bicyclic) bond motifs is 3. The Balaban J connectivity index is 0.000000234. The average molecular weight is 711 g/mol. The van der Waals surface area contributed by atoms with Crippen molar-refractivity contribution in [1.82, 2.24) is 20.4 Å². The smallest absolute Gasteiger partial charge is 0.317 e. The summed E-state index contributed by atoms with van der Waals surface area (Å²) in [5.74, 6) is -2.38. The van der Waals surface area contributed by atoms with Crippen LogP contribution in [-0.4, -0.2) is 140 Å². The molecule has 5 atom stereocenters. The van der Waals surface area contributed by atoms with Crippen molar-refractivity contribution in [3.05, 3.63) is 51.6 Å². The van der Waals surface area contributed by atoms with E-state index in [1.807, 2.05) is 6.92 Å². The number of carbonyl (C=O) groups excluding carboxylic acids is 4. The molecule has 5 aliphatic rings. The van der Waals surface area contributed by atoms with E-state index in [0.29, 0.717) is 50.3 Å². The van der Waals surface area contributed by atoms with E-state index in [9.17, 15) is 34.5 Å². The Kier molecular flexibility index (Phi) is 11.1. The molecule has 3 saturated heterocycles. The number of carbonyl (C=O) groups is 4. The van der Waals surface area contributed by atoms with E-state index in [1.54, 1.807) is 24.1 Å². The zero-order chi connectivity index (χ0) is 36.4. The quantitative estimate of drug-likeness (QED) is 0.218. The van der Waals surface area contributed by atoms with Crippen LogP contribution in [0.2, 0.25) is 0 Å². The minimum atomic E-state index is -0.589. The number of hydrogen-bond donors (Lipinski definition) is 5. The van der Waals surface area contributed by atoms with Gasteiger partial charge in [-0.25, -0.2) is 4.79 Å². The topological polar surface area (TPSA) is 196 Å². The highest BCUT2D eigenvalue weighted by atomic mass is 16.7. The summed E-state index contributed by atoms with van der Waals surface area (Å²) in [7, 11) is 3.04. The summed E-state index contributed by atoms with van der Waals surface area (Å²) in [4.78, 5) is 54.9. The van der Waals surface area contributed by atoms with Crippen molar-refractivity contribution in [3.8, 4) is 17.2 Å². The number of nitrogens with zero attached hydrogens (tertiary/aromatic N) is 2. The lowest BCUT2D eigenvalue weighted by molar-refractivity contribution is -0.190. The molecular weight excluding hydrogens is 664 g/mol. The number of phenolic OH excluding ortho intramolecular Hbond substituents is 2. The van der Waals surface area contributed by atoms with Gasteiger partial charge in [0.25, 0.3) is 0 Å². The van der Waals surface area contributed by atoms with Gasteiger partial charge in [-0.3, -0.25) is 19.3 Å². The van der Waals surface area contributed by atoms with Crippen LogP contribution in [0.1, 0.15) is 62.7 Å². The van der Waals surface area contributed by atoms with Crippen molar-refractivity contribution >= 4 is 23.5 Å². The van der Waals surface area contributed by atoms with Crippen LogP contribution in [0.5, 0.6) is 17.2 Å². The van der Waals surface area contributed by atoms with Gasteiger partial charge < -0.3 is 49.8 Å². The number of aromatic hydroxyl groups is 2. The summed E-state index contributed by atoms with van der Waals surface area (Å²) in [5, 5.41) is 37.8. The van der Waals surface area contributed by atoms with Crippen molar-refractivity contribution in [2.45, 2.75) is 57.1 Å². The highest BCUT2D eigenvalue weighted by molar-refractivity contribution is 6.31. The summed E-state index contributed by atoms with van der Waals surface area (Å²) < 4.78 is 21.3. The van der Waals surface area contributed by atoms with Crippen molar-refractivity contribution in [2.75, 3.05) is 66.7 Å². The summed E-state index contributed by atoms with van der Waals surface area (Å²) in [6.07, 6.45) is 0.990. The summed E-state index contributed by atoms with van der Waals surface area (Å²) in [6.45, 7) is 6.74. The van der Waals surface area contributed by atoms with Gasteiger partial charge in [-0.1, -0.05) is 12.1 Å². The second-order valence-corrected chi connectivity index (χ2v) is 13.3. The Hall–Kier alpha value is -4.28. The van der Waals surface area contributed by atoms with E-state index in [0.717, 1.165) is 26.1 Å². The number of nitrogens with one attached hydrogen (secondary N) is 2. The number of ketones is 2. The van der Waals surface area contributed by atoms with E-state index in [4.69, 9.17) is 18.9 Å². The molecule has 2 aromatic carbocycles. The van der Waals surface area contributed by atoms with Gasteiger partial charge in [0.1, 0.15) is 17.2 Å². The Morgan fingerprint density at radius 1 is 1.00 bits per heavy atom. The number of aliphatic hydroxyl groups excluding tert-OH is 1. The SMILES string of the molecule is COC1CN(C2CCOC(C)C2O)CCO1.COc1cccc2c1C(=O)c1c(O)c3c(c(O)c1C2=O)CC(C(=O)NCCN1CCNC1=O)CC3. The first-order valence-electron chi connectivity index (χ1n) is 17.4. The van der Waals surface area contributed by atoms with Crippen LogP contribution in [0, 0.1) is 5.92 Å². The first-order valence-corrected chi connectivity index (χ1v) is 17.4. The first kappa shape index (κ1) is 36.5. The summed E-state index contributed by atoms with van der Waals surface area (Å²) >= 11 is 0. The Morgan fingerprint density at radius 2 is 1.76 bits per heavy atom. The second-order valence-electron chi connectivity index (χ2n) is 13.3. The number of ether oxygens (including phenoxy) is 4. The molecule has 2 aromatic rings. The zero-order valence-corrected chi connectivity index (χ0v) is 29.1. The van der Waals surface area contributed by atoms with Crippen LogP contribution < -0.4 is 15.4 Å². The Morgan fingerprint density at radius 3 is 2.49 bits per heavy atom. The lowest BCUT2D eigenvalue weighted by Gasteiger charge is -2.43. The molecule has 15 nitrogen and oxygen atoms in total. The molecule has 0 aromatic heterocycles. The number of phenols is 2. The van der Waals surface area contributed by atoms with Crippen molar-refractivity contribution in [2.24, 2.45) is 5.92 Å². The number of hydrogen-bond acceptors (Lipinski definition) is 12. The van der Waals surface area contributed by atoms with Gasteiger partial charge >= 0.3 is 6.03 Å². The highest BCUT2D eigenvalue weighted by Crippen LogP contribution is 2.47. The number of benzene rings is 2. The molecule has 5 unspecified atom stereocenters.